The van der Waals surface area contributed by atoms with E-state index < -0.39 is 5.91 Å². The lowest BCUT2D eigenvalue weighted by molar-refractivity contribution is 0.0864. The zero-order valence-corrected chi connectivity index (χ0v) is 16.7. The quantitative estimate of drug-likeness (QED) is 0.450. The minimum absolute atomic E-state index is 0.270. The number of fused-ring (bicyclic) bond motifs is 1. The van der Waals surface area contributed by atoms with Crippen LogP contribution < -0.4 is 10.5 Å². The smallest absolute Gasteiger partial charge is 0.276 e. The van der Waals surface area contributed by atoms with Crippen molar-refractivity contribution in [1.82, 2.24) is 14.8 Å². The summed E-state index contributed by atoms with van der Waals surface area (Å²) in [6, 6.07) is 12.9. The van der Waals surface area contributed by atoms with E-state index in [0.29, 0.717) is 27.4 Å². The summed E-state index contributed by atoms with van der Waals surface area (Å²) in [5.74, 6) is 0.446. The lowest BCUT2D eigenvalue weighted by Gasteiger charge is -2.13. The predicted molar refractivity (Wildman–Crippen MR) is 111 cm³/mol. The maximum absolute atomic E-state index is 12.4. The highest BCUT2D eigenvalue weighted by molar-refractivity contribution is 6.35. The van der Waals surface area contributed by atoms with Gasteiger partial charge in [-0.1, -0.05) is 23.7 Å². The van der Waals surface area contributed by atoms with Gasteiger partial charge >= 0.3 is 0 Å². The Bertz CT molecular complexity index is 1030. The molecule has 0 aliphatic heterocycles. The average molecular weight is 400 g/mol. The number of carbonyl (C=O) groups is 1. The maximum atomic E-state index is 12.4. The lowest BCUT2D eigenvalue weighted by Crippen LogP contribution is -2.38. The van der Waals surface area contributed by atoms with E-state index in [4.69, 9.17) is 27.5 Å². The first-order valence-corrected chi connectivity index (χ1v) is 8.99. The molecule has 1 aromatic heterocycles. The highest BCUT2D eigenvalue weighted by atomic mass is 35.5. The lowest BCUT2D eigenvalue weighted by atomic mass is 10.2. The Morgan fingerprint density at radius 1 is 1.18 bits per heavy atom. The van der Waals surface area contributed by atoms with E-state index in [2.05, 4.69) is 9.88 Å². The number of benzene rings is 2. The number of guanidine groups is 1. The monoisotopic (exact) mass is 399 g/mol. The van der Waals surface area contributed by atoms with Crippen LogP contribution in [0.4, 0.5) is 0 Å². The van der Waals surface area contributed by atoms with Crippen LogP contribution in [0, 0.1) is 5.41 Å². The van der Waals surface area contributed by atoms with Crippen molar-refractivity contribution in [2.24, 2.45) is 5.73 Å². The molecule has 0 fully saturated rings. The van der Waals surface area contributed by atoms with Gasteiger partial charge in [0.25, 0.3) is 5.91 Å². The molecule has 0 atom stereocenters. The number of carbonyl (C=O) groups excluding carboxylic acids is 1. The molecule has 3 rings (SSSR count). The van der Waals surface area contributed by atoms with E-state index in [1.807, 2.05) is 38.4 Å². The van der Waals surface area contributed by atoms with E-state index in [9.17, 15) is 4.79 Å². The van der Waals surface area contributed by atoms with Gasteiger partial charge < -0.3 is 20.4 Å². The number of nitrogens with one attached hydrogen (secondary N) is 2. The van der Waals surface area contributed by atoms with E-state index in [1.54, 1.807) is 18.2 Å². The summed E-state index contributed by atoms with van der Waals surface area (Å²) >= 11 is 6.29. The fourth-order valence-electron chi connectivity index (χ4n) is 2.80. The molecule has 4 N–H and O–H groups in total. The van der Waals surface area contributed by atoms with E-state index in [-0.39, 0.29) is 11.7 Å². The Hall–Kier alpha value is -3.03. The fraction of sp³-hybridized carbons (Fsp3) is 0.200. The van der Waals surface area contributed by atoms with Crippen molar-refractivity contribution in [3.63, 3.8) is 0 Å². The van der Waals surface area contributed by atoms with Gasteiger partial charge in [0, 0.05) is 19.0 Å². The van der Waals surface area contributed by atoms with Crippen LogP contribution in [0.25, 0.3) is 10.9 Å². The summed E-state index contributed by atoms with van der Waals surface area (Å²) in [4.78, 5) is 18.6. The molecule has 1 heterocycles. The first kappa shape index (κ1) is 19.7. The Labute approximate surface area is 168 Å². The van der Waals surface area contributed by atoms with Crippen LogP contribution in [0.2, 0.25) is 5.02 Å². The molecule has 28 heavy (non-hydrogen) atoms. The first-order chi connectivity index (χ1) is 13.3. The minimum atomic E-state index is -0.432. The standard InChI is InChI=1S/C20H22ClN5O2/c1-25(2)11-12-4-6-13(7-5-12)28-17-9-8-15(21)14-10-16(24-18(14)17)19(27)26(3)20(22)23/h4-10,24H,11H2,1-3H3,(H3,22,23). The number of H-pyrrole nitrogens is 1. The number of nitrogens with two attached hydrogens (primary N) is 1. The number of hydrogen-bond acceptors (Lipinski definition) is 4. The fourth-order valence-corrected chi connectivity index (χ4v) is 3.02. The molecule has 0 unspecified atom stereocenters. The number of aromatic nitrogens is 1. The van der Waals surface area contributed by atoms with Gasteiger partial charge in [0.15, 0.2) is 11.7 Å². The van der Waals surface area contributed by atoms with Gasteiger partial charge in [-0.05, 0) is 50.0 Å². The maximum Gasteiger partial charge on any atom is 0.276 e. The Kier molecular flexibility index (Phi) is 5.58. The number of amides is 1. The number of hydrogen-bond donors (Lipinski definition) is 3. The van der Waals surface area contributed by atoms with Crippen LogP contribution in [-0.4, -0.2) is 47.8 Å². The minimum Gasteiger partial charge on any atom is -0.455 e. The zero-order chi connectivity index (χ0) is 20.4. The van der Waals surface area contributed by atoms with Crippen molar-refractivity contribution in [3.05, 3.63) is 58.7 Å². The van der Waals surface area contributed by atoms with Crippen molar-refractivity contribution >= 4 is 34.4 Å². The third kappa shape index (κ3) is 4.11. The second kappa shape index (κ2) is 7.92. The topological polar surface area (TPSA) is 98.4 Å². The Balaban J connectivity index is 1.92. The van der Waals surface area contributed by atoms with E-state index >= 15 is 0 Å². The van der Waals surface area contributed by atoms with Gasteiger partial charge in [0.2, 0.25) is 0 Å². The molecule has 3 aromatic rings. The molecule has 0 spiro atoms. The molecule has 0 radical (unpaired) electrons. The Morgan fingerprint density at radius 3 is 2.46 bits per heavy atom. The molecule has 0 aliphatic rings. The number of halogens is 1. The van der Waals surface area contributed by atoms with Gasteiger partial charge in [-0.15, -0.1) is 0 Å². The summed E-state index contributed by atoms with van der Waals surface area (Å²) in [5.41, 5.74) is 7.45. The van der Waals surface area contributed by atoms with Gasteiger partial charge in [-0.3, -0.25) is 15.1 Å². The third-order valence-electron chi connectivity index (χ3n) is 4.25. The molecular weight excluding hydrogens is 378 g/mol. The molecule has 7 nitrogen and oxygen atoms in total. The Morgan fingerprint density at radius 2 is 1.86 bits per heavy atom. The molecule has 2 aromatic carbocycles. The van der Waals surface area contributed by atoms with E-state index in [1.165, 1.54) is 12.6 Å². The summed E-state index contributed by atoms with van der Waals surface area (Å²) in [6.07, 6.45) is 0. The van der Waals surface area contributed by atoms with Gasteiger partial charge in [0.1, 0.15) is 11.4 Å². The SMILES string of the molecule is CN(C)Cc1ccc(Oc2ccc(Cl)c3cc(C(=O)N(C)C(=N)N)[nH]c23)cc1. The number of nitrogens with zero attached hydrogens (tertiary/aromatic N) is 2. The van der Waals surface area contributed by atoms with Crippen LogP contribution in [-0.2, 0) is 6.54 Å². The summed E-state index contributed by atoms with van der Waals surface area (Å²) in [6.45, 7) is 0.844. The van der Waals surface area contributed by atoms with Gasteiger partial charge in [0.05, 0.1) is 10.5 Å². The van der Waals surface area contributed by atoms with Crippen molar-refractivity contribution in [1.29, 1.82) is 5.41 Å². The number of ether oxygens (including phenoxy) is 1. The summed E-state index contributed by atoms with van der Waals surface area (Å²) < 4.78 is 6.01. The van der Waals surface area contributed by atoms with Crippen LogP contribution >= 0.6 is 11.6 Å². The second-order valence-corrected chi connectivity index (χ2v) is 7.16. The number of aromatic amines is 1. The van der Waals surface area contributed by atoms with Crippen LogP contribution in [0.1, 0.15) is 16.1 Å². The van der Waals surface area contributed by atoms with E-state index in [0.717, 1.165) is 11.4 Å². The van der Waals surface area contributed by atoms with Gasteiger partial charge in [-0.25, -0.2) is 0 Å². The first-order valence-electron chi connectivity index (χ1n) is 8.61. The summed E-state index contributed by atoms with van der Waals surface area (Å²) in [5, 5.41) is 8.57. The molecule has 1 amide bonds. The van der Waals surface area contributed by atoms with Crippen molar-refractivity contribution in [2.75, 3.05) is 21.1 Å². The largest absolute Gasteiger partial charge is 0.455 e. The highest BCUT2D eigenvalue weighted by Gasteiger charge is 2.19. The summed E-state index contributed by atoms with van der Waals surface area (Å²) in [7, 11) is 5.47. The van der Waals surface area contributed by atoms with Crippen molar-refractivity contribution < 1.29 is 9.53 Å². The van der Waals surface area contributed by atoms with Crippen LogP contribution in [0.3, 0.4) is 0 Å². The van der Waals surface area contributed by atoms with Crippen LogP contribution in [0.15, 0.2) is 42.5 Å². The molecule has 0 saturated carbocycles. The highest BCUT2D eigenvalue weighted by Crippen LogP contribution is 2.34. The van der Waals surface area contributed by atoms with Crippen molar-refractivity contribution in [2.45, 2.75) is 6.54 Å². The van der Waals surface area contributed by atoms with Crippen molar-refractivity contribution in [3.8, 4) is 11.5 Å². The normalized spacial score (nSPS) is 11.0. The molecule has 146 valence electrons. The third-order valence-corrected chi connectivity index (χ3v) is 4.58. The number of rotatable bonds is 5. The zero-order valence-electron chi connectivity index (χ0n) is 15.9. The molecule has 8 heteroatoms. The second-order valence-electron chi connectivity index (χ2n) is 6.75. The average Bonchev–Trinajstić information content (AvgIpc) is 3.10. The molecular formula is C20H22ClN5O2. The molecule has 0 saturated heterocycles. The molecule has 0 aliphatic carbocycles. The van der Waals surface area contributed by atoms with Crippen LogP contribution in [0.5, 0.6) is 11.5 Å². The predicted octanol–water partition coefficient (Wildman–Crippen LogP) is 3.64. The van der Waals surface area contributed by atoms with Gasteiger partial charge in [-0.2, -0.15) is 0 Å². The molecule has 0 bridgehead atoms.